The predicted molar refractivity (Wildman–Crippen MR) is 110 cm³/mol. The number of benzene rings is 1. The van der Waals surface area contributed by atoms with Crippen LogP contribution in [0.3, 0.4) is 0 Å². The normalized spacial score (nSPS) is 14.6. The number of amides is 2. The molecule has 1 aliphatic rings. The van der Waals surface area contributed by atoms with Gasteiger partial charge in [0.25, 0.3) is 0 Å². The molecular weight excluding hydrogens is 383 g/mol. The highest BCUT2D eigenvalue weighted by Gasteiger charge is 2.25. The summed E-state index contributed by atoms with van der Waals surface area (Å²) < 4.78 is 2.13. The van der Waals surface area contributed by atoms with Crippen LogP contribution in [0.1, 0.15) is 55.0 Å². The Morgan fingerprint density at radius 3 is 2.48 bits per heavy atom. The first kappa shape index (κ1) is 19.6. The fourth-order valence-corrected chi connectivity index (χ4v) is 4.02. The van der Waals surface area contributed by atoms with E-state index in [4.69, 9.17) is 23.2 Å². The lowest BCUT2D eigenvalue weighted by atomic mass is 9.95. The first-order valence-corrected chi connectivity index (χ1v) is 9.82. The fraction of sp³-hybridized carbons (Fsp3) is 0.400. The molecular formula is C20H22Cl2N4O. The van der Waals surface area contributed by atoms with E-state index in [1.54, 1.807) is 18.2 Å². The Kier molecular flexibility index (Phi) is 5.98. The number of hydrogen-bond acceptors (Lipinski definition) is 2. The minimum atomic E-state index is -0.417. The Labute approximate surface area is 169 Å². The molecule has 0 radical (unpaired) electrons. The van der Waals surface area contributed by atoms with Gasteiger partial charge in [-0.15, -0.1) is 0 Å². The lowest BCUT2D eigenvalue weighted by Crippen LogP contribution is -2.24. The number of nitrogens with one attached hydrogen (secondary N) is 2. The minimum Gasteiger partial charge on any atom is -0.327 e. The van der Waals surface area contributed by atoms with Crippen molar-refractivity contribution >= 4 is 40.7 Å². The summed E-state index contributed by atoms with van der Waals surface area (Å²) >= 11 is 11.9. The summed E-state index contributed by atoms with van der Waals surface area (Å²) in [5.41, 5.74) is 2.99. The van der Waals surface area contributed by atoms with Crippen molar-refractivity contribution in [3.8, 4) is 6.07 Å². The second-order valence-corrected chi connectivity index (χ2v) is 7.73. The summed E-state index contributed by atoms with van der Waals surface area (Å²) in [6.07, 6.45) is 5.68. The second-order valence-electron chi connectivity index (χ2n) is 6.92. The lowest BCUT2D eigenvalue weighted by Gasteiger charge is -2.27. The predicted octanol–water partition coefficient (Wildman–Crippen LogP) is 6.43. The maximum Gasteiger partial charge on any atom is 0.324 e. The van der Waals surface area contributed by atoms with Crippen LogP contribution in [0.4, 0.5) is 16.3 Å². The number of rotatable bonds is 3. The van der Waals surface area contributed by atoms with Crippen LogP contribution in [0.5, 0.6) is 0 Å². The molecule has 7 heteroatoms. The van der Waals surface area contributed by atoms with Gasteiger partial charge in [0, 0.05) is 17.4 Å². The monoisotopic (exact) mass is 404 g/mol. The molecule has 1 aromatic heterocycles. The largest absolute Gasteiger partial charge is 0.327 e. The molecule has 3 rings (SSSR count). The van der Waals surface area contributed by atoms with Gasteiger partial charge in [0.2, 0.25) is 0 Å². The number of hydrogen-bond donors (Lipinski definition) is 2. The number of nitriles is 1. The average Bonchev–Trinajstić information content (AvgIpc) is 2.88. The van der Waals surface area contributed by atoms with Crippen LogP contribution in [-0.4, -0.2) is 10.6 Å². The minimum absolute atomic E-state index is 0.305. The van der Waals surface area contributed by atoms with Gasteiger partial charge in [0.05, 0.1) is 15.6 Å². The lowest BCUT2D eigenvalue weighted by molar-refractivity contribution is 0.261. The first-order valence-electron chi connectivity index (χ1n) is 9.07. The van der Waals surface area contributed by atoms with E-state index < -0.39 is 6.03 Å². The Morgan fingerprint density at radius 2 is 1.85 bits per heavy atom. The number of aromatic nitrogens is 1. The average molecular weight is 405 g/mol. The smallest absolute Gasteiger partial charge is 0.324 e. The maximum absolute atomic E-state index is 12.6. The van der Waals surface area contributed by atoms with Crippen LogP contribution < -0.4 is 10.6 Å². The third-order valence-electron chi connectivity index (χ3n) is 5.22. The van der Waals surface area contributed by atoms with E-state index in [1.165, 1.54) is 6.42 Å². The van der Waals surface area contributed by atoms with Crippen LogP contribution >= 0.6 is 23.2 Å². The number of urea groups is 1. The molecule has 5 nitrogen and oxygen atoms in total. The summed E-state index contributed by atoms with van der Waals surface area (Å²) in [5, 5.41) is 16.1. The van der Waals surface area contributed by atoms with Crippen molar-refractivity contribution in [1.29, 1.82) is 5.26 Å². The third-order valence-corrected chi connectivity index (χ3v) is 5.96. The van der Waals surface area contributed by atoms with E-state index >= 15 is 0 Å². The van der Waals surface area contributed by atoms with Gasteiger partial charge in [-0.2, -0.15) is 5.26 Å². The summed E-state index contributed by atoms with van der Waals surface area (Å²) in [5.74, 6) is 0.567. The van der Waals surface area contributed by atoms with Crippen molar-refractivity contribution in [2.45, 2.75) is 52.0 Å². The number of nitrogens with zero attached hydrogens (tertiary/aromatic N) is 2. The van der Waals surface area contributed by atoms with Gasteiger partial charge in [-0.25, -0.2) is 4.79 Å². The van der Waals surface area contributed by atoms with Crippen LogP contribution in [-0.2, 0) is 0 Å². The molecule has 1 aliphatic carbocycles. The van der Waals surface area contributed by atoms with Crippen LogP contribution in [0.25, 0.3) is 0 Å². The van der Waals surface area contributed by atoms with E-state index in [9.17, 15) is 10.1 Å². The molecule has 1 fully saturated rings. The Balaban J connectivity index is 1.88. The van der Waals surface area contributed by atoms with Crippen LogP contribution in [0.2, 0.25) is 10.0 Å². The van der Waals surface area contributed by atoms with Gasteiger partial charge in [0.15, 0.2) is 0 Å². The zero-order chi connectivity index (χ0) is 19.6. The summed E-state index contributed by atoms with van der Waals surface area (Å²) in [6, 6.07) is 7.03. The SMILES string of the molecule is Cc1c(C#N)c(NC(=O)Nc2ccc(Cl)c(Cl)c2)n(C2CCCCC2)c1C. The molecule has 2 N–H and O–H groups in total. The van der Waals surface area contributed by atoms with Gasteiger partial charge < -0.3 is 9.88 Å². The van der Waals surface area contributed by atoms with Gasteiger partial charge in [-0.05, 0) is 50.5 Å². The molecule has 1 aromatic carbocycles. The molecule has 1 saturated carbocycles. The number of carbonyl (C=O) groups is 1. The highest BCUT2D eigenvalue weighted by Crippen LogP contribution is 2.36. The molecule has 2 aromatic rings. The number of anilines is 2. The molecule has 2 amide bonds. The van der Waals surface area contributed by atoms with Crippen molar-refractivity contribution in [3.63, 3.8) is 0 Å². The van der Waals surface area contributed by atoms with Crippen molar-refractivity contribution in [2.24, 2.45) is 0 Å². The van der Waals surface area contributed by atoms with Gasteiger partial charge in [-0.3, -0.25) is 5.32 Å². The zero-order valence-corrected chi connectivity index (χ0v) is 16.9. The van der Waals surface area contributed by atoms with E-state index in [2.05, 4.69) is 21.3 Å². The summed E-state index contributed by atoms with van der Waals surface area (Å²) in [6.45, 7) is 3.93. The van der Waals surface area contributed by atoms with Crippen LogP contribution in [0, 0.1) is 25.2 Å². The quantitative estimate of drug-likeness (QED) is 0.618. The summed E-state index contributed by atoms with van der Waals surface area (Å²) in [7, 11) is 0. The Hall–Kier alpha value is -2.16. The Bertz CT molecular complexity index is 908. The molecule has 1 heterocycles. The molecule has 0 atom stereocenters. The molecule has 0 bridgehead atoms. The standard InChI is InChI=1S/C20H22Cl2N4O/c1-12-13(2)26(15-6-4-3-5-7-15)19(16(12)11-23)25-20(27)24-14-8-9-17(21)18(22)10-14/h8-10,15H,3-7H2,1-2H3,(H2,24,25,27). The summed E-state index contributed by atoms with van der Waals surface area (Å²) in [4.78, 5) is 12.6. The van der Waals surface area contributed by atoms with Crippen molar-refractivity contribution in [1.82, 2.24) is 4.57 Å². The molecule has 0 aliphatic heterocycles. The van der Waals surface area contributed by atoms with Crippen molar-refractivity contribution in [3.05, 3.63) is 45.1 Å². The van der Waals surface area contributed by atoms with Gasteiger partial charge >= 0.3 is 6.03 Å². The maximum atomic E-state index is 12.6. The van der Waals surface area contributed by atoms with E-state index in [0.29, 0.717) is 33.2 Å². The fourth-order valence-electron chi connectivity index (χ4n) is 3.73. The number of halogens is 2. The van der Waals surface area contributed by atoms with Gasteiger partial charge in [0.1, 0.15) is 11.9 Å². The molecule has 27 heavy (non-hydrogen) atoms. The van der Waals surface area contributed by atoms with E-state index in [-0.39, 0.29) is 0 Å². The van der Waals surface area contributed by atoms with Gasteiger partial charge in [-0.1, -0.05) is 42.5 Å². The number of carbonyl (C=O) groups excluding carboxylic acids is 1. The highest BCUT2D eigenvalue weighted by molar-refractivity contribution is 6.42. The molecule has 0 saturated heterocycles. The highest BCUT2D eigenvalue weighted by atomic mass is 35.5. The van der Waals surface area contributed by atoms with Crippen molar-refractivity contribution in [2.75, 3.05) is 10.6 Å². The second kappa shape index (κ2) is 8.24. The first-order chi connectivity index (χ1) is 12.9. The van der Waals surface area contributed by atoms with Crippen LogP contribution in [0.15, 0.2) is 18.2 Å². The topological polar surface area (TPSA) is 69.8 Å². The van der Waals surface area contributed by atoms with Crippen molar-refractivity contribution < 1.29 is 4.79 Å². The molecule has 0 spiro atoms. The van der Waals surface area contributed by atoms with E-state index in [0.717, 1.165) is 36.9 Å². The molecule has 0 unspecified atom stereocenters. The molecule has 142 valence electrons. The Morgan fingerprint density at radius 1 is 1.15 bits per heavy atom. The van der Waals surface area contributed by atoms with E-state index in [1.807, 2.05) is 13.8 Å². The zero-order valence-electron chi connectivity index (χ0n) is 15.4. The third kappa shape index (κ3) is 4.07.